The number of methoxy groups -OCH3 is 1. The lowest BCUT2D eigenvalue weighted by Crippen LogP contribution is -2.17. The van der Waals surface area contributed by atoms with E-state index in [9.17, 15) is 0 Å². The first-order valence-corrected chi connectivity index (χ1v) is 11.4. The van der Waals surface area contributed by atoms with Crippen LogP contribution in [0, 0.1) is 6.92 Å². The van der Waals surface area contributed by atoms with Crippen LogP contribution in [0.15, 0.2) is 42.9 Å². The highest BCUT2D eigenvalue weighted by molar-refractivity contribution is 7.16. The van der Waals surface area contributed by atoms with E-state index in [-0.39, 0.29) is 5.92 Å². The molecule has 31 heavy (non-hydrogen) atoms. The molecule has 1 aromatic carbocycles. The molecule has 0 amide bonds. The van der Waals surface area contributed by atoms with Gasteiger partial charge in [0.05, 0.1) is 35.1 Å². The minimum Gasteiger partial charge on any atom is -0.495 e. The van der Waals surface area contributed by atoms with Crippen LogP contribution < -0.4 is 4.74 Å². The van der Waals surface area contributed by atoms with E-state index in [2.05, 4.69) is 17.1 Å². The number of aromatic nitrogens is 5. The second-order valence-electron chi connectivity index (χ2n) is 7.57. The number of thiophene rings is 1. The molecule has 1 aliphatic heterocycles. The summed E-state index contributed by atoms with van der Waals surface area (Å²) in [6.07, 6.45) is 9.91. The van der Waals surface area contributed by atoms with Crippen LogP contribution in [0.5, 0.6) is 5.75 Å². The van der Waals surface area contributed by atoms with Gasteiger partial charge in [-0.2, -0.15) is 5.10 Å². The number of hydrogen-bond acceptors (Lipinski definition) is 5. The van der Waals surface area contributed by atoms with Gasteiger partial charge < -0.3 is 9.30 Å². The molecule has 3 aromatic heterocycles. The summed E-state index contributed by atoms with van der Waals surface area (Å²) in [6, 6.07) is 10.2. The first kappa shape index (κ1) is 20.0. The largest absolute Gasteiger partial charge is 0.495 e. The van der Waals surface area contributed by atoms with E-state index in [1.54, 1.807) is 24.8 Å². The molecule has 4 heterocycles. The molecule has 0 saturated heterocycles. The Kier molecular flexibility index (Phi) is 5.38. The molecule has 1 unspecified atom stereocenters. The Labute approximate surface area is 189 Å². The zero-order valence-corrected chi connectivity index (χ0v) is 18.9. The van der Waals surface area contributed by atoms with E-state index in [1.807, 2.05) is 52.7 Å². The lowest BCUT2D eigenvalue weighted by molar-refractivity contribution is 0.413. The van der Waals surface area contributed by atoms with E-state index in [1.165, 1.54) is 4.88 Å². The summed E-state index contributed by atoms with van der Waals surface area (Å²) >= 11 is 7.78. The normalized spacial score (nSPS) is 16.0. The van der Waals surface area contributed by atoms with Gasteiger partial charge in [0.1, 0.15) is 11.6 Å². The number of halogens is 1. The maximum Gasteiger partial charge on any atom is 0.174 e. The van der Waals surface area contributed by atoms with Gasteiger partial charge in [0, 0.05) is 17.6 Å². The summed E-state index contributed by atoms with van der Waals surface area (Å²) in [6.45, 7) is 2.87. The number of ether oxygens (including phenoxy) is 1. The number of imidazole rings is 1. The van der Waals surface area contributed by atoms with Crippen LogP contribution in [0.2, 0.25) is 4.34 Å². The quantitative estimate of drug-likeness (QED) is 0.396. The van der Waals surface area contributed by atoms with Gasteiger partial charge in [-0.25, -0.2) is 14.6 Å². The fourth-order valence-electron chi connectivity index (χ4n) is 3.96. The van der Waals surface area contributed by atoms with E-state index >= 15 is 0 Å². The molecular formula is C23H22ClN5OS. The Morgan fingerprint density at radius 2 is 2.13 bits per heavy atom. The van der Waals surface area contributed by atoms with Crippen molar-refractivity contribution in [3.05, 3.63) is 75.0 Å². The molecule has 0 saturated carbocycles. The smallest absolute Gasteiger partial charge is 0.174 e. The fraction of sp³-hybridized carbons (Fsp3) is 0.261. The Morgan fingerprint density at radius 1 is 1.23 bits per heavy atom. The second kappa shape index (κ2) is 8.32. The maximum absolute atomic E-state index is 6.15. The monoisotopic (exact) mass is 451 g/mol. The van der Waals surface area contributed by atoms with Crippen molar-refractivity contribution in [1.29, 1.82) is 0 Å². The topological polar surface area (TPSA) is 57.8 Å². The first-order valence-electron chi connectivity index (χ1n) is 10.2. The van der Waals surface area contributed by atoms with E-state index in [0.29, 0.717) is 0 Å². The van der Waals surface area contributed by atoms with E-state index < -0.39 is 0 Å². The SMILES string of the molecule is COc1cc(/C=C/c2nc3n(n2)CCCC3c2ccc(Cl)s2)ccc1-n1cnc(C)c1. The molecule has 0 N–H and O–H groups in total. The van der Waals surface area contributed by atoms with Crippen LogP contribution in [0.25, 0.3) is 17.8 Å². The number of fused-ring (bicyclic) bond motifs is 1. The predicted octanol–water partition coefficient (Wildman–Crippen LogP) is 5.59. The highest BCUT2D eigenvalue weighted by atomic mass is 35.5. The van der Waals surface area contributed by atoms with Gasteiger partial charge in [0.15, 0.2) is 5.82 Å². The molecule has 0 spiro atoms. The standard InChI is InChI=1S/C23H22ClN5OS/c1-15-13-28(14-25-15)18-7-5-16(12-19(18)30-2)6-10-22-26-23-17(4-3-11-29(23)27-22)20-8-9-21(24)31-20/h5-10,12-14,17H,3-4,11H2,1-2H3/b10-6+. The molecule has 1 atom stereocenters. The van der Waals surface area contributed by atoms with Crippen molar-refractivity contribution in [3.8, 4) is 11.4 Å². The number of rotatable bonds is 5. The summed E-state index contributed by atoms with van der Waals surface area (Å²) in [7, 11) is 1.68. The van der Waals surface area contributed by atoms with E-state index in [0.717, 1.165) is 58.1 Å². The lowest BCUT2D eigenvalue weighted by Gasteiger charge is -2.20. The molecular weight excluding hydrogens is 430 g/mol. The van der Waals surface area contributed by atoms with Crippen molar-refractivity contribution < 1.29 is 4.74 Å². The van der Waals surface area contributed by atoms with Gasteiger partial charge in [-0.1, -0.05) is 23.7 Å². The highest BCUT2D eigenvalue weighted by Gasteiger charge is 2.26. The highest BCUT2D eigenvalue weighted by Crippen LogP contribution is 2.37. The number of nitrogens with zero attached hydrogens (tertiary/aromatic N) is 5. The van der Waals surface area contributed by atoms with Crippen LogP contribution >= 0.6 is 22.9 Å². The molecule has 0 radical (unpaired) electrons. The van der Waals surface area contributed by atoms with Gasteiger partial charge in [0.2, 0.25) is 0 Å². The van der Waals surface area contributed by atoms with Gasteiger partial charge in [-0.3, -0.25) is 0 Å². The van der Waals surface area contributed by atoms with Gasteiger partial charge in [-0.15, -0.1) is 11.3 Å². The van der Waals surface area contributed by atoms with Gasteiger partial charge in [0.25, 0.3) is 0 Å². The first-order chi connectivity index (χ1) is 15.1. The molecule has 4 aromatic rings. The van der Waals surface area contributed by atoms with Crippen molar-refractivity contribution in [3.63, 3.8) is 0 Å². The van der Waals surface area contributed by atoms with E-state index in [4.69, 9.17) is 26.4 Å². The Morgan fingerprint density at radius 3 is 2.87 bits per heavy atom. The van der Waals surface area contributed by atoms with Crippen molar-refractivity contribution in [1.82, 2.24) is 24.3 Å². The zero-order chi connectivity index (χ0) is 21.4. The van der Waals surface area contributed by atoms with Crippen LogP contribution in [-0.4, -0.2) is 31.4 Å². The minimum absolute atomic E-state index is 0.263. The van der Waals surface area contributed by atoms with Crippen molar-refractivity contribution >= 4 is 35.1 Å². The third kappa shape index (κ3) is 4.03. The van der Waals surface area contributed by atoms with Gasteiger partial charge in [-0.05, 0) is 55.7 Å². The third-order valence-electron chi connectivity index (χ3n) is 5.45. The van der Waals surface area contributed by atoms with Gasteiger partial charge >= 0.3 is 0 Å². The van der Waals surface area contributed by atoms with Crippen molar-refractivity contribution in [2.24, 2.45) is 0 Å². The molecule has 6 nitrogen and oxygen atoms in total. The average Bonchev–Trinajstić information content (AvgIpc) is 3.51. The molecule has 5 rings (SSSR count). The van der Waals surface area contributed by atoms with Crippen molar-refractivity contribution in [2.45, 2.75) is 32.2 Å². The summed E-state index contributed by atoms with van der Waals surface area (Å²) in [5, 5.41) is 4.71. The van der Waals surface area contributed by atoms with Crippen LogP contribution in [0.1, 0.15) is 46.5 Å². The minimum atomic E-state index is 0.263. The average molecular weight is 452 g/mol. The number of hydrogen-bond donors (Lipinski definition) is 0. The Bertz CT molecular complexity index is 1250. The summed E-state index contributed by atoms with van der Waals surface area (Å²) in [4.78, 5) is 10.4. The van der Waals surface area contributed by atoms with Crippen LogP contribution in [-0.2, 0) is 6.54 Å². The summed E-state index contributed by atoms with van der Waals surface area (Å²) < 4.78 is 10.4. The number of benzene rings is 1. The lowest BCUT2D eigenvalue weighted by atomic mass is 9.97. The molecule has 158 valence electrons. The fourth-order valence-corrected chi connectivity index (χ4v) is 5.15. The molecule has 0 bridgehead atoms. The predicted molar refractivity (Wildman–Crippen MR) is 124 cm³/mol. The summed E-state index contributed by atoms with van der Waals surface area (Å²) in [5.41, 5.74) is 2.93. The second-order valence-corrected chi connectivity index (χ2v) is 9.32. The molecule has 1 aliphatic rings. The molecule has 8 heteroatoms. The third-order valence-corrected chi connectivity index (χ3v) is 6.79. The summed E-state index contributed by atoms with van der Waals surface area (Å²) in [5.74, 6) is 2.79. The molecule has 0 fully saturated rings. The molecule has 0 aliphatic carbocycles. The van der Waals surface area contributed by atoms with Crippen LogP contribution in [0.3, 0.4) is 0 Å². The van der Waals surface area contributed by atoms with Crippen molar-refractivity contribution in [2.75, 3.05) is 7.11 Å². The maximum atomic E-state index is 6.15. The Hall–Kier alpha value is -2.90. The number of aryl methyl sites for hydroxylation is 2. The zero-order valence-electron chi connectivity index (χ0n) is 17.3. The Balaban J connectivity index is 1.40. The van der Waals surface area contributed by atoms with Crippen LogP contribution in [0.4, 0.5) is 0 Å².